The maximum Gasteiger partial charge on any atom is 0.113 e. The first-order valence-electron chi connectivity index (χ1n) is 5.52. The van der Waals surface area contributed by atoms with Crippen molar-refractivity contribution in [3.63, 3.8) is 0 Å². The van der Waals surface area contributed by atoms with Crippen LogP contribution in [0.25, 0.3) is 11.3 Å². The molecule has 0 saturated carbocycles. The molecule has 4 nitrogen and oxygen atoms in total. The smallest absolute Gasteiger partial charge is 0.113 e. The summed E-state index contributed by atoms with van der Waals surface area (Å²) in [4.78, 5) is 0. The van der Waals surface area contributed by atoms with E-state index in [4.69, 9.17) is 0 Å². The molecule has 4 heteroatoms. The highest BCUT2D eigenvalue weighted by Crippen LogP contribution is 2.19. The Bertz CT molecular complexity index is 499. The topological polar surface area (TPSA) is 42.7 Å². The van der Waals surface area contributed by atoms with Crippen molar-refractivity contribution < 1.29 is 0 Å². The van der Waals surface area contributed by atoms with Gasteiger partial charge in [0.1, 0.15) is 5.69 Å². The lowest BCUT2D eigenvalue weighted by Gasteiger charge is -2.26. The van der Waals surface area contributed by atoms with Crippen LogP contribution in [0, 0.1) is 6.92 Å². The average molecular weight is 214 g/mol. The van der Waals surface area contributed by atoms with Crippen molar-refractivity contribution in [3.05, 3.63) is 36.0 Å². The van der Waals surface area contributed by atoms with E-state index in [2.05, 4.69) is 46.8 Å². The van der Waals surface area contributed by atoms with Crippen LogP contribution in [0.2, 0.25) is 0 Å². The molecule has 1 aromatic carbocycles. The third-order valence-corrected chi connectivity index (χ3v) is 2.96. The van der Waals surface area contributed by atoms with Crippen LogP contribution in [0.15, 0.2) is 30.5 Å². The van der Waals surface area contributed by atoms with E-state index in [1.807, 2.05) is 10.9 Å². The quantitative estimate of drug-likeness (QED) is 0.821. The van der Waals surface area contributed by atoms with Gasteiger partial charge in [0, 0.05) is 18.7 Å². The summed E-state index contributed by atoms with van der Waals surface area (Å²) in [6, 6.07) is 8.82. The van der Waals surface area contributed by atoms with E-state index in [0.29, 0.717) is 6.04 Å². The lowest BCUT2D eigenvalue weighted by atomic mass is 10.1. The molecule has 0 aliphatic carbocycles. The molecule has 0 amide bonds. The molecule has 0 atom stereocenters. The number of hydrogen-bond donors (Lipinski definition) is 1. The molecular formula is C12H14N4. The summed E-state index contributed by atoms with van der Waals surface area (Å²) in [6.45, 7) is 4.08. The van der Waals surface area contributed by atoms with E-state index in [-0.39, 0.29) is 0 Å². The highest BCUT2D eigenvalue weighted by atomic mass is 15.4. The first-order valence-corrected chi connectivity index (χ1v) is 5.52. The molecule has 1 fully saturated rings. The highest BCUT2D eigenvalue weighted by molar-refractivity contribution is 5.58. The molecule has 82 valence electrons. The molecule has 2 heterocycles. The first kappa shape index (κ1) is 9.54. The summed E-state index contributed by atoms with van der Waals surface area (Å²) in [7, 11) is 0. The zero-order valence-electron chi connectivity index (χ0n) is 9.22. The third kappa shape index (κ3) is 1.61. The number of benzene rings is 1. The Kier molecular flexibility index (Phi) is 2.22. The van der Waals surface area contributed by atoms with Crippen LogP contribution in [0.1, 0.15) is 11.6 Å². The lowest BCUT2D eigenvalue weighted by Crippen LogP contribution is -2.43. The molecule has 16 heavy (non-hydrogen) atoms. The van der Waals surface area contributed by atoms with Crippen molar-refractivity contribution in [3.8, 4) is 11.3 Å². The number of aryl methyl sites for hydroxylation is 1. The molecule has 3 rings (SSSR count). The van der Waals surface area contributed by atoms with Crippen LogP contribution in [0.5, 0.6) is 0 Å². The molecule has 0 bridgehead atoms. The summed E-state index contributed by atoms with van der Waals surface area (Å²) >= 11 is 0. The predicted molar refractivity (Wildman–Crippen MR) is 62.1 cm³/mol. The van der Waals surface area contributed by atoms with Crippen molar-refractivity contribution in [2.75, 3.05) is 13.1 Å². The van der Waals surface area contributed by atoms with Crippen LogP contribution in [-0.4, -0.2) is 28.1 Å². The Morgan fingerprint density at radius 1 is 1.38 bits per heavy atom. The summed E-state index contributed by atoms with van der Waals surface area (Å²) in [5.41, 5.74) is 3.34. The van der Waals surface area contributed by atoms with Gasteiger partial charge in [0.05, 0.1) is 12.2 Å². The van der Waals surface area contributed by atoms with Crippen LogP contribution in [0.4, 0.5) is 0 Å². The van der Waals surface area contributed by atoms with E-state index in [0.717, 1.165) is 24.3 Å². The fraction of sp³-hybridized carbons (Fsp3) is 0.333. The van der Waals surface area contributed by atoms with Crippen LogP contribution >= 0.6 is 0 Å². The van der Waals surface area contributed by atoms with E-state index in [1.165, 1.54) is 5.56 Å². The summed E-state index contributed by atoms with van der Waals surface area (Å²) in [5.74, 6) is 0. The second kappa shape index (κ2) is 3.72. The Hall–Kier alpha value is -1.68. The summed E-state index contributed by atoms with van der Waals surface area (Å²) < 4.78 is 1.95. The zero-order valence-corrected chi connectivity index (χ0v) is 9.22. The van der Waals surface area contributed by atoms with Gasteiger partial charge >= 0.3 is 0 Å². The Balaban J connectivity index is 1.91. The molecule has 1 aliphatic heterocycles. The fourth-order valence-electron chi connectivity index (χ4n) is 1.85. The molecule has 0 radical (unpaired) electrons. The van der Waals surface area contributed by atoms with E-state index >= 15 is 0 Å². The number of hydrogen-bond acceptors (Lipinski definition) is 3. The first-order chi connectivity index (χ1) is 7.83. The van der Waals surface area contributed by atoms with Gasteiger partial charge in [-0.25, -0.2) is 4.68 Å². The molecule has 1 aliphatic rings. The van der Waals surface area contributed by atoms with Crippen molar-refractivity contribution >= 4 is 0 Å². The zero-order chi connectivity index (χ0) is 11.0. The van der Waals surface area contributed by atoms with Crippen LogP contribution in [-0.2, 0) is 0 Å². The van der Waals surface area contributed by atoms with Gasteiger partial charge < -0.3 is 5.32 Å². The lowest BCUT2D eigenvalue weighted by molar-refractivity contribution is 0.313. The monoisotopic (exact) mass is 214 g/mol. The minimum Gasteiger partial charge on any atom is -0.312 e. The van der Waals surface area contributed by atoms with E-state index in [1.54, 1.807) is 0 Å². The molecule has 1 saturated heterocycles. The van der Waals surface area contributed by atoms with E-state index < -0.39 is 0 Å². The predicted octanol–water partition coefficient (Wildman–Crippen LogP) is 1.40. The van der Waals surface area contributed by atoms with Crippen molar-refractivity contribution in [1.29, 1.82) is 0 Å². The minimum atomic E-state index is 0.478. The van der Waals surface area contributed by atoms with Gasteiger partial charge in [-0.3, -0.25) is 0 Å². The highest BCUT2D eigenvalue weighted by Gasteiger charge is 2.20. The van der Waals surface area contributed by atoms with Gasteiger partial charge in [-0.1, -0.05) is 29.0 Å². The molecule has 0 spiro atoms. The van der Waals surface area contributed by atoms with Gasteiger partial charge in [-0.2, -0.15) is 0 Å². The molecule has 1 N–H and O–H groups in total. The number of nitrogens with zero attached hydrogens (tertiary/aromatic N) is 3. The van der Waals surface area contributed by atoms with Gasteiger partial charge in [-0.15, -0.1) is 5.10 Å². The normalized spacial score (nSPS) is 16.1. The van der Waals surface area contributed by atoms with Crippen LogP contribution < -0.4 is 5.32 Å². The standard InChI is InChI=1S/C12H14N4/c1-9-3-2-4-10(5-9)12-8-16(15-14-12)11-6-13-7-11/h2-5,8,11,13H,6-7H2,1H3. The van der Waals surface area contributed by atoms with Gasteiger partial charge in [-0.05, 0) is 13.0 Å². The second-order valence-electron chi connectivity index (χ2n) is 4.27. The molecule has 1 aromatic heterocycles. The summed E-state index contributed by atoms with van der Waals surface area (Å²) in [5, 5.41) is 11.6. The molecule has 2 aromatic rings. The molecule has 0 unspecified atom stereocenters. The van der Waals surface area contributed by atoms with Crippen molar-refractivity contribution in [2.24, 2.45) is 0 Å². The SMILES string of the molecule is Cc1cccc(-c2cn(C3CNC3)nn2)c1. The second-order valence-corrected chi connectivity index (χ2v) is 4.27. The summed E-state index contributed by atoms with van der Waals surface area (Å²) in [6.07, 6.45) is 2.03. The maximum atomic E-state index is 4.22. The Morgan fingerprint density at radius 2 is 2.25 bits per heavy atom. The largest absolute Gasteiger partial charge is 0.312 e. The Labute approximate surface area is 94.3 Å². The Morgan fingerprint density at radius 3 is 2.94 bits per heavy atom. The van der Waals surface area contributed by atoms with Crippen molar-refractivity contribution in [2.45, 2.75) is 13.0 Å². The van der Waals surface area contributed by atoms with Gasteiger partial charge in [0.2, 0.25) is 0 Å². The number of rotatable bonds is 2. The molecular weight excluding hydrogens is 200 g/mol. The van der Waals surface area contributed by atoms with E-state index in [9.17, 15) is 0 Å². The van der Waals surface area contributed by atoms with Gasteiger partial charge in [0.25, 0.3) is 0 Å². The number of aromatic nitrogens is 3. The maximum absolute atomic E-state index is 4.22. The fourth-order valence-corrected chi connectivity index (χ4v) is 1.85. The van der Waals surface area contributed by atoms with Crippen LogP contribution in [0.3, 0.4) is 0 Å². The minimum absolute atomic E-state index is 0.478. The van der Waals surface area contributed by atoms with Crippen molar-refractivity contribution in [1.82, 2.24) is 20.3 Å². The average Bonchev–Trinajstić information content (AvgIpc) is 2.64. The van der Waals surface area contributed by atoms with Gasteiger partial charge in [0.15, 0.2) is 0 Å². The third-order valence-electron chi connectivity index (χ3n) is 2.96. The number of nitrogens with one attached hydrogen (secondary N) is 1.